The van der Waals surface area contributed by atoms with Crippen molar-refractivity contribution in [3.05, 3.63) is 35.9 Å². The molecule has 0 bridgehead atoms. The molecule has 1 aromatic rings. The molecular weight excluding hydrogens is 258 g/mol. The fraction of sp³-hybridized carbons (Fsp3) is 0.333. The number of phenols is 1. The Bertz CT molecular complexity index is 491. The topological polar surface area (TPSA) is 86.6 Å². The van der Waals surface area contributed by atoms with Gasteiger partial charge in [0.1, 0.15) is 5.75 Å². The number of benzene rings is 1. The van der Waals surface area contributed by atoms with E-state index in [1.165, 1.54) is 18.2 Å². The Morgan fingerprint density at radius 1 is 1.25 bits per heavy atom. The second-order valence-corrected chi connectivity index (χ2v) is 4.88. The zero-order valence-electron chi connectivity index (χ0n) is 11.5. The van der Waals surface area contributed by atoms with Gasteiger partial charge < -0.3 is 15.5 Å². The van der Waals surface area contributed by atoms with E-state index in [-0.39, 0.29) is 24.0 Å². The maximum atomic E-state index is 11.7. The molecule has 1 atom stereocenters. The summed E-state index contributed by atoms with van der Waals surface area (Å²) in [5.41, 5.74) is 0.775. The molecule has 0 aliphatic carbocycles. The number of hydrogen-bond donors (Lipinski definition) is 3. The summed E-state index contributed by atoms with van der Waals surface area (Å²) in [6.07, 6.45) is 2.85. The van der Waals surface area contributed by atoms with Crippen LogP contribution in [0.3, 0.4) is 0 Å². The Hall–Kier alpha value is -2.30. The molecule has 0 radical (unpaired) electrons. The molecule has 0 aliphatic rings. The van der Waals surface area contributed by atoms with Gasteiger partial charge in [-0.3, -0.25) is 9.59 Å². The van der Waals surface area contributed by atoms with E-state index < -0.39 is 12.0 Å². The lowest BCUT2D eigenvalue weighted by atomic mass is 10.0. The van der Waals surface area contributed by atoms with Gasteiger partial charge in [0.15, 0.2) is 0 Å². The molecule has 5 nitrogen and oxygen atoms in total. The maximum Gasteiger partial charge on any atom is 0.305 e. The summed E-state index contributed by atoms with van der Waals surface area (Å²) >= 11 is 0. The molecule has 0 aromatic heterocycles. The van der Waals surface area contributed by atoms with Crippen LogP contribution in [0.2, 0.25) is 0 Å². The van der Waals surface area contributed by atoms with Gasteiger partial charge in [0.05, 0.1) is 6.42 Å². The molecule has 108 valence electrons. The molecule has 1 amide bonds. The third-order valence-corrected chi connectivity index (χ3v) is 2.85. The first-order chi connectivity index (χ1) is 9.38. The van der Waals surface area contributed by atoms with E-state index in [0.717, 1.165) is 5.56 Å². The van der Waals surface area contributed by atoms with Crippen LogP contribution in [0.5, 0.6) is 5.75 Å². The van der Waals surface area contributed by atoms with E-state index in [2.05, 4.69) is 5.32 Å². The van der Waals surface area contributed by atoms with Gasteiger partial charge in [0.2, 0.25) is 5.91 Å². The Kier molecular flexibility index (Phi) is 5.77. The molecular formula is C15H19NO4. The average molecular weight is 277 g/mol. The van der Waals surface area contributed by atoms with Crippen LogP contribution in [0.4, 0.5) is 0 Å². The van der Waals surface area contributed by atoms with E-state index >= 15 is 0 Å². The molecule has 1 aromatic carbocycles. The van der Waals surface area contributed by atoms with E-state index in [9.17, 15) is 9.59 Å². The molecule has 0 saturated carbocycles. The van der Waals surface area contributed by atoms with Gasteiger partial charge in [-0.1, -0.05) is 26.0 Å². The molecule has 0 aliphatic heterocycles. The number of aliphatic carboxylic acids is 1. The summed E-state index contributed by atoms with van der Waals surface area (Å²) in [6, 6.07) is 6.01. The summed E-state index contributed by atoms with van der Waals surface area (Å²) in [6.45, 7) is 3.72. The molecule has 0 fully saturated rings. The Balaban J connectivity index is 2.61. The predicted molar refractivity (Wildman–Crippen MR) is 76.2 cm³/mol. The summed E-state index contributed by atoms with van der Waals surface area (Å²) in [7, 11) is 0. The highest BCUT2D eigenvalue weighted by atomic mass is 16.4. The third-order valence-electron chi connectivity index (χ3n) is 2.85. The number of carboxylic acids is 1. The first-order valence-electron chi connectivity index (χ1n) is 6.38. The van der Waals surface area contributed by atoms with Crippen molar-refractivity contribution in [2.24, 2.45) is 5.92 Å². The first kappa shape index (κ1) is 15.8. The number of carboxylic acid groups (broad SMARTS) is 1. The summed E-state index contributed by atoms with van der Waals surface area (Å²) in [5.74, 6) is -1.07. The van der Waals surface area contributed by atoms with E-state index in [1.807, 2.05) is 13.8 Å². The lowest BCUT2D eigenvalue weighted by Gasteiger charge is -2.19. The number of hydrogen-bond acceptors (Lipinski definition) is 3. The van der Waals surface area contributed by atoms with Crippen LogP contribution in [0.25, 0.3) is 6.08 Å². The van der Waals surface area contributed by atoms with Crippen molar-refractivity contribution in [3.8, 4) is 5.75 Å². The highest BCUT2D eigenvalue weighted by Crippen LogP contribution is 2.11. The van der Waals surface area contributed by atoms with E-state index in [0.29, 0.717) is 0 Å². The molecule has 5 heteroatoms. The second kappa shape index (κ2) is 7.33. The number of phenolic OH excluding ortho intramolecular Hbond substituents is 1. The van der Waals surface area contributed by atoms with Crippen LogP contribution < -0.4 is 5.32 Å². The molecule has 0 saturated heterocycles. The monoisotopic (exact) mass is 277 g/mol. The van der Waals surface area contributed by atoms with Gasteiger partial charge in [-0.2, -0.15) is 0 Å². The molecule has 0 heterocycles. The number of nitrogens with one attached hydrogen (secondary N) is 1. The van der Waals surface area contributed by atoms with Crippen LogP contribution in [-0.4, -0.2) is 28.1 Å². The van der Waals surface area contributed by atoms with Crippen LogP contribution in [-0.2, 0) is 9.59 Å². The molecule has 0 spiro atoms. The maximum absolute atomic E-state index is 11.7. The van der Waals surface area contributed by atoms with Crippen molar-refractivity contribution in [3.63, 3.8) is 0 Å². The summed E-state index contributed by atoms with van der Waals surface area (Å²) < 4.78 is 0. The van der Waals surface area contributed by atoms with Crippen LogP contribution >= 0.6 is 0 Å². The fourth-order valence-corrected chi connectivity index (χ4v) is 1.63. The van der Waals surface area contributed by atoms with Crippen molar-refractivity contribution in [1.82, 2.24) is 5.32 Å². The van der Waals surface area contributed by atoms with Crippen molar-refractivity contribution in [2.75, 3.05) is 0 Å². The standard InChI is InChI=1S/C15H19NO4/c1-10(2)13(9-15(19)20)16-14(18)8-5-11-3-6-12(17)7-4-11/h3-8,10,13,17H,9H2,1-2H3,(H,16,18)(H,19,20)/b8-5+. The van der Waals surface area contributed by atoms with Gasteiger partial charge >= 0.3 is 5.97 Å². The minimum atomic E-state index is -0.938. The highest BCUT2D eigenvalue weighted by molar-refractivity contribution is 5.92. The van der Waals surface area contributed by atoms with Crippen molar-refractivity contribution < 1.29 is 19.8 Å². The number of aromatic hydroxyl groups is 1. The zero-order valence-corrected chi connectivity index (χ0v) is 11.5. The summed E-state index contributed by atoms with van der Waals surface area (Å²) in [4.78, 5) is 22.5. The highest BCUT2D eigenvalue weighted by Gasteiger charge is 2.18. The first-order valence-corrected chi connectivity index (χ1v) is 6.38. The molecule has 1 unspecified atom stereocenters. The minimum absolute atomic E-state index is 0.0390. The van der Waals surface area contributed by atoms with E-state index in [4.69, 9.17) is 10.2 Å². The Morgan fingerprint density at radius 3 is 2.35 bits per heavy atom. The predicted octanol–water partition coefficient (Wildman–Crippen LogP) is 2.02. The van der Waals surface area contributed by atoms with Gasteiger partial charge in [0, 0.05) is 12.1 Å². The summed E-state index contributed by atoms with van der Waals surface area (Å²) in [5, 5.41) is 20.6. The number of rotatable bonds is 6. The zero-order chi connectivity index (χ0) is 15.1. The number of carbonyl (C=O) groups excluding carboxylic acids is 1. The normalized spacial score (nSPS) is 12.6. The Morgan fingerprint density at radius 2 is 1.85 bits per heavy atom. The lowest BCUT2D eigenvalue weighted by molar-refractivity contribution is -0.138. The molecule has 20 heavy (non-hydrogen) atoms. The van der Waals surface area contributed by atoms with Crippen molar-refractivity contribution >= 4 is 18.0 Å². The number of amides is 1. The van der Waals surface area contributed by atoms with Crippen LogP contribution in [0.1, 0.15) is 25.8 Å². The van der Waals surface area contributed by atoms with Crippen LogP contribution in [0, 0.1) is 5.92 Å². The van der Waals surface area contributed by atoms with Gasteiger partial charge in [-0.05, 0) is 29.7 Å². The number of carbonyl (C=O) groups is 2. The van der Waals surface area contributed by atoms with Crippen molar-refractivity contribution in [2.45, 2.75) is 26.3 Å². The van der Waals surface area contributed by atoms with Crippen molar-refractivity contribution in [1.29, 1.82) is 0 Å². The average Bonchev–Trinajstić information content (AvgIpc) is 2.36. The van der Waals surface area contributed by atoms with Gasteiger partial charge in [-0.15, -0.1) is 0 Å². The quantitative estimate of drug-likeness (QED) is 0.694. The second-order valence-electron chi connectivity index (χ2n) is 4.88. The smallest absolute Gasteiger partial charge is 0.305 e. The Labute approximate surface area is 117 Å². The van der Waals surface area contributed by atoms with Crippen LogP contribution in [0.15, 0.2) is 30.3 Å². The minimum Gasteiger partial charge on any atom is -0.508 e. The van der Waals surface area contributed by atoms with E-state index in [1.54, 1.807) is 18.2 Å². The third kappa shape index (κ3) is 5.56. The lowest BCUT2D eigenvalue weighted by Crippen LogP contribution is -2.39. The van der Waals surface area contributed by atoms with Gasteiger partial charge in [0.25, 0.3) is 0 Å². The SMILES string of the molecule is CC(C)C(CC(=O)O)NC(=O)/C=C/c1ccc(O)cc1. The van der Waals surface area contributed by atoms with Gasteiger partial charge in [-0.25, -0.2) is 0 Å². The largest absolute Gasteiger partial charge is 0.508 e. The fourth-order valence-electron chi connectivity index (χ4n) is 1.63. The molecule has 3 N–H and O–H groups in total. The molecule has 1 rings (SSSR count).